The van der Waals surface area contributed by atoms with Crippen molar-refractivity contribution in [2.45, 2.75) is 61.9 Å². The van der Waals surface area contributed by atoms with E-state index in [9.17, 15) is 55.5 Å². The van der Waals surface area contributed by atoms with Gasteiger partial charge in [-0.25, -0.2) is 0 Å². The number of benzene rings is 2. The Morgan fingerprint density at radius 2 is 1.47 bits per heavy atom. The average molecular weight is 611 g/mol. The third-order valence-corrected chi connectivity index (χ3v) is 7.62. The van der Waals surface area contributed by atoms with Gasteiger partial charge >= 0.3 is 0 Å². The lowest BCUT2D eigenvalue weighted by molar-refractivity contribution is -0.307. The first-order valence-corrected chi connectivity index (χ1v) is 13.0. The van der Waals surface area contributed by atoms with Crippen molar-refractivity contribution in [1.29, 1.82) is 0 Å². The van der Waals surface area contributed by atoms with Crippen LogP contribution < -0.4 is 9.47 Å². The molecule has 9 N–H and O–H groups in total. The van der Waals surface area contributed by atoms with Crippen molar-refractivity contribution < 1.29 is 79.2 Å². The first kappa shape index (κ1) is 31.0. The summed E-state index contributed by atoms with van der Waals surface area (Å²) in [7, 11) is 1.24. The highest BCUT2D eigenvalue weighted by Gasteiger charge is 2.47. The number of carbonyl (C=O) groups is 2. The van der Waals surface area contributed by atoms with Crippen molar-refractivity contribution in [3.05, 3.63) is 46.0 Å². The number of aliphatic hydroxyl groups is 7. The van der Waals surface area contributed by atoms with Crippen LogP contribution in [0.25, 0.3) is 0 Å². The molecule has 0 aromatic heterocycles. The standard InChI is InChI=1S/C27H30O16/c1-39-12-3-2-8-15(21(12)34)18(31)9-4-13(10(5-28)19(32)16(9)17(8)30)42-27-25(38)23(36)22(35)14(43-27)7-41-26-24(37)20(33)11(29)6-40-26/h2-4,11,14,20,22-29,32-38H,5-7H2,1H3/t11-,14-,20+,22-,23+,24-,25-,26+,27-/m1/s1. The number of fused-ring (bicyclic) bond motifs is 2. The van der Waals surface area contributed by atoms with E-state index in [0.29, 0.717) is 0 Å². The smallest absolute Gasteiger partial charge is 0.229 e. The number of ether oxygens (including phenoxy) is 5. The molecule has 2 heterocycles. The monoisotopic (exact) mass is 610 g/mol. The Morgan fingerprint density at radius 1 is 0.814 bits per heavy atom. The molecular formula is C27H30O16. The van der Waals surface area contributed by atoms with Crippen LogP contribution in [0.2, 0.25) is 0 Å². The lowest BCUT2D eigenvalue weighted by atomic mass is 9.81. The van der Waals surface area contributed by atoms with Gasteiger partial charge in [0.25, 0.3) is 0 Å². The molecule has 16 heteroatoms. The lowest BCUT2D eigenvalue weighted by Gasteiger charge is -2.41. The fraction of sp³-hybridized carbons (Fsp3) is 0.481. The Labute approximate surface area is 242 Å². The molecule has 0 spiro atoms. The lowest BCUT2D eigenvalue weighted by Crippen LogP contribution is -2.61. The van der Waals surface area contributed by atoms with E-state index in [2.05, 4.69) is 0 Å². The van der Waals surface area contributed by atoms with Gasteiger partial charge < -0.3 is 69.6 Å². The molecule has 0 saturated carbocycles. The predicted octanol–water partition coefficient (Wildman–Crippen LogP) is -2.98. The van der Waals surface area contributed by atoms with Crippen LogP contribution in [0.5, 0.6) is 23.0 Å². The van der Waals surface area contributed by atoms with Crippen molar-refractivity contribution in [1.82, 2.24) is 0 Å². The SMILES string of the molecule is COc1ccc2c(c1O)C(=O)c1cc(O[C@@H]3O[C@H](CO[C@@H]4OC[C@@H](O)[C@H](O)[C@H]4O)[C@@H](O)[C@H](O)[C@H]3O)c(CO)c(O)c1C2=O. The van der Waals surface area contributed by atoms with Crippen LogP contribution in [0.1, 0.15) is 37.4 Å². The summed E-state index contributed by atoms with van der Waals surface area (Å²) in [5.41, 5.74) is -1.88. The van der Waals surface area contributed by atoms with Gasteiger partial charge in [-0.3, -0.25) is 9.59 Å². The zero-order valence-electron chi connectivity index (χ0n) is 22.4. The second kappa shape index (κ2) is 11.9. The summed E-state index contributed by atoms with van der Waals surface area (Å²) < 4.78 is 26.7. The molecule has 0 unspecified atom stereocenters. The van der Waals surface area contributed by atoms with Gasteiger partial charge in [-0.15, -0.1) is 0 Å². The molecule has 234 valence electrons. The molecule has 16 nitrogen and oxygen atoms in total. The molecule has 2 aromatic rings. The third kappa shape index (κ3) is 5.21. The largest absolute Gasteiger partial charge is 0.507 e. The van der Waals surface area contributed by atoms with Gasteiger partial charge in [-0.1, -0.05) is 0 Å². The minimum Gasteiger partial charge on any atom is -0.507 e. The third-order valence-electron chi connectivity index (χ3n) is 7.62. The van der Waals surface area contributed by atoms with Crippen LogP contribution >= 0.6 is 0 Å². The number of phenols is 2. The maximum atomic E-state index is 13.4. The molecule has 1 aliphatic carbocycles. The topological polar surface area (TPSA) is 262 Å². The molecule has 2 saturated heterocycles. The zero-order valence-corrected chi connectivity index (χ0v) is 22.4. The van der Waals surface area contributed by atoms with E-state index in [-0.39, 0.29) is 23.5 Å². The molecular weight excluding hydrogens is 580 g/mol. The molecule has 0 radical (unpaired) electrons. The molecule has 2 aromatic carbocycles. The van der Waals surface area contributed by atoms with Crippen molar-refractivity contribution >= 4 is 11.6 Å². The number of hydrogen-bond acceptors (Lipinski definition) is 16. The predicted molar refractivity (Wildman–Crippen MR) is 137 cm³/mol. The normalized spacial score (nSPS) is 32.2. The number of phenolic OH excluding ortho intramolecular Hbond substituents is 1. The molecule has 2 aliphatic heterocycles. The first-order chi connectivity index (χ1) is 20.4. The Kier molecular flexibility index (Phi) is 8.61. The average Bonchev–Trinajstić information content (AvgIpc) is 2.98. The van der Waals surface area contributed by atoms with Gasteiger partial charge in [0.05, 0.1) is 43.6 Å². The van der Waals surface area contributed by atoms with E-state index in [0.717, 1.165) is 6.07 Å². The summed E-state index contributed by atoms with van der Waals surface area (Å²) in [6.07, 6.45) is -14.9. The fourth-order valence-electron chi connectivity index (χ4n) is 5.17. The highest BCUT2D eigenvalue weighted by Crippen LogP contribution is 2.44. The molecule has 0 bridgehead atoms. The summed E-state index contributed by atoms with van der Waals surface area (Å²) in [4.78, 5) is 26.7. The maximum Gasteiger partial charge on any atom is 0.229 e. The number of ketones is 2. The Morgan fingerprint density at radius 3 is 2.14 bits per heavy atom. The van der Waals surface area contributed by atoms with Gasteiger partial charge in [0.15, 0.2) is 29.4 Å². The van der Waals surface area contributed by atoms with Gasteiger partial charge in [0.1, 0.15) is 54.2 Å². The van der Waals surface area contributed by atoms with Gasteiger partial charge in [-0.05, 0) is 18.2 Å². The second-order valence-corrected chi connectivity index (χ2v) is 10.2. The van der Waals surface area contributed by atoms with Gasteiger partial charge in [0.2, 0.25) is 6.29 Å². The molecule has 9 atom stereocenters. The van der Waals surface area contributed by atoms with Crippen molar-refractivity contribution in [2.24, 2.45) is 0 Å². The minimum atomic E-state index is -1.92. The molecule has 5 rings (SSSR count). The quantitative estimate of drug-likeness (QED) is 0.129. The van der Waals surface area contributed by atoms with Crippen LogP contribution in [0.4, 0.5) is 0 Å². The summed E-state index contributed by atoms with van der Waals surface area (Å²) >= 11 is 0. The zero-order chi connectivity index (χ0) is 31.3. The number of rotatable bonds is 7. The van der Waals surface area contributed by atoms with E-state index >= 15 is 0 Å². The fourth-order valence-corrected chi connectivity index (χ4v) is 5.17. The summed E-state index contributed by atoms with van der Waals surface area (Å²) in [5, 5.41) is 92.5. The number of aromatic hydroxyl groups is 2. The van der Waals surface area contributed by atoms with E-state index in [1.807, 2.05) is 0 Å². The van der Waals surface area contributed by atoms with Crippen LogP contribution in [-0.4, -0.2) is 133 Å². The van der Waals surface area contributed by atoms with Crippen molar-refractivity contribution in [3.8, 4) is 23.0 Å². The Balaban J connectivity index is 1.43. The number of carbonyl (C=O) groups excluding carboxylic acids is 2. The maximum absolute atomic E-state index is 13.4. The van der Waals surface area contributed by atoms with E-state index in [1.165, 1.54) is 19.2 Å². The summed E-state index contributed by atoms with van der Waals surface area (Å²) in [6.45, 7) is -1.86. The molecule has 43 heavy (non-hydrogen) atoms. The first-order valence-electron chi connectivity index (χ1n) is 13.0. The minimum absolute atomic E-state index is 0.0904. The summed E-state index contributed by atoms with van der Waals surface area (Å²) in [6, 6.07) is 3.49. The Bertz CT molecular complexity index is 1410. The van der Waals surface area contributed by atoms with Crippen LogP contribution in [0, 0.1) is 0 Å². The summed E-state index contributed by atoms with van der Waals surface area (Å²) in [5.74, 6) is -3.69. The van der Waals surface area contributed by atoms with E-state index in [4.69, 9.17) is 23.7 Å². The Hall–Kier alpha value is -3.42. The van der Waals surface area contributed by atoms with E-state index < -0.39 is 114 Å². The van der Waals surface area contributed by atoms with Crippen LogP contribution in [-0.2, 0) is 20.8 Å². The molecule has 2 fully saturated rings. The number of hydrogen-bond donors (Lipinski definition) is 9. The van der Waals surface area contributed by atoms with E-state index in [1.54, 1.807) is 0 Å². The molecule has 3 aliphatic rings. The second-order valence-electron chi connectivity index (χ2n) is 10.2. The van der Waals surface area contributed by atoms with Crippen molar-refractivity contribution in [3.63, 3.8) is 0 Å². The van der Waals surface area contributed by atoms with Crippen LogP contribution in [0.15, 0.2) is 18.2 Å². The van der Waals surface area contributed by atoms with Gasteiger partial charge in [-0.2, -0.15) is 0 Å². The highest BCUT2D eigenvalue weighted by molar-refractivity contribution is 6.30. The van der Waals surface area contributed by atoms with Crippen molar-refractivity contribution in [2.75, 3.05) is 20.3 Å². The van der Waals surface area contributed by atoms with Gasteiger partial charge in [0, 0.05) is 11.1 Å². The number of aliphatic hydroxyl groups excluding tert-OH is 7. The number of methoxy groups -OCH3 is 1. The van der Waals surface area contributed by atoms with Crippen LogP contribution in [0.3, 0.4) is 0 Å². The highest BCUT2D eigenvalue weighted by atomic mass is 16.7. The molecule has 0 amide bonds.